The van der Waals surface area contributed by atoms with E-state index in [1.807, 2.05) is 60.9 Å². The summed E-state index contributed by atoms with van der Waals surface area (Å²) in [6, 6.07) is 15.8. The number of unbranched alkanes of at least 4 members (excludes halogenated alkanes) is 6. The van der Waals surface area contributed by atoms with Crippen LogP contribution in [0.15, 0.2) is 60.9 Å². The zero-order valence-corrected chi connectivity index (χ0v) is 20.3. The molecule has 2 N–H and O–H groups in total. The molecule has 0 unspecified atom stereocenters. The Balaban J connectivity index is 1.07. The van der Waals surface area contributed by atoms with E-state index in [1.165, 1.54) is 44.9 Å². The van der Waals surface area contributed by atoms with Crippen molar-refractivity contribution < 1.29 is 0 Å². The van der Waals surface area contributed by atoms with Gasteiger partial charge in [-0.25, -0.2) is 0 Å². The van der Waals surface area contributed by atoms with Crippen LogP contribution in [0.1, 0.15) is 44.9 Å². The summed E-state index contributed by atoms with van der Waals surface area (Å²) in [5.41, 5.74) is 4.13. The topological polar surface area (TPSA) is 49.8 Å². The first kappa shape index (κ1) is 23.6. The second-order valence-electron chi connectivity index (χ2n) is 8.37. The Morgan fingerprint density at radius 2 is 0.970 bits per heavy atom. The third kappa shape index (κ3) is 6.72. The van der Waals surface area contributed by atoms with E-state index in [9.17, 15) is 0 Å². The number of nitrogens with zero attached hydrogens (tertiary/aromatic N) is 2. The highest BCUT2D eigenvalue weighted by Crippen LogP contribution is 2.25. The Bertz CT molecular complexity index is 1100. The predicted octanol–water partition coefficient (Wildman–Crippen LogP) is 8.34. The van der Waals surface area contributed by atoms with Crippen LogP contribution in [-0.4, -0.2) is 23.1 Å². The van der Waals surface area contributed by atoms with Crippen LogP contribution in [-0.2, 0) is 0 Å². The number of anilines is 2. The lowest BCUT2D eigenvalue weighted by Gasteiger charge is -2.10. The lowest BCUT2D eigenvalue weighted by Crippen LogP contribution is -2.03. The molecule has 33 heavy (non-hydrogen) atoms. The molecule has 2 heterocycles. The third-order valence-electron chi connectivity index (χ3n) is 5.89. The minimum absolute atomic E-state index is 0.721. The molecule has 0 amide bonds. The van der Waals surface area contributed by atoms with Gasteiger partial charge in [0.25, 0.3) is 0 Å². The third-order valence-corrected chi connectivity index (χ3v) is 6.36. The fourth-order valence-corrected chi connectivity index (χ4v) is 4.46. The Kier molecular flexibility index (Phi) is 8.62. The first-order valence-electron chi connectivity index (χ1n) is 11.8. The van der Waals surface area contributed by atoms with Crippen LogP contribution in [0, 0.1) is 0 Å². The normalized spacial score (nSPS) is 11.2. The van der Waals surface area contributed by atoms with Crippen LogP contribution in [0.3, 0.4) is 0 Å². The van der Waals surface area contributed by atoms with Crippen LogP contribution >= 0.6 is 23.2 Å². The summed E-state index contributed by atoms with van der Waals surface area (Å²) in [6.45, 7) is 1.97. The molecular weight excluding hydrogens is 451 g/mol. The van der Waals surface area contributed by atoms with Crippen molar-refractivity contribution in [2.45, 2.75) is 44.9 Å². The zero-order valence-electron chi connectivity index (χ0n) is 18.8. The maximum absolute atomic E-state index is 6.07. The van der Waals surface area contributed by atoms with E-state index in [0.29, 0.717) is 0 Å². The van der Waals surface area contributed by atoms with Crippen molar-refractivity contribution in [1.82, 2.24) is 9.97 Å². The van der Waals surface area contributed by atoms with Gasteiger partial charge in [0.1, 0.15) is 0 Å². The number of hydrogen-bond donors (Lipinski definition) is 2. The number of rotatable bonds is 12. The summed E-state index contributed by atoms with van der Waals surface area (Å²) in [6.07, 6.45) is 12.4. The van der Waals surface area contributed by atoms with Gasteiger partial charge in [0.05, 0.1) is 11.0 Å². The maximum atomic E-state index is 6.07. The van der Waals surface area contributed by atoms with Crippen molar-refractivity contribution in [1.29, 1.82) is 0 Å². The molecule has 2 aromatic heterocycles. The molecule has 172 valence electrons. The molecule has 4 nitrogen and oxygen atoms in total. The Labute approximate surface area is 205 Å². The zero-order chi connectivity index (χ0) is 22.9. The highest BCUT2D eigenvalue weighted by molar-refractivity contribution is 6.31. The Morgan fingerprint density at radius 1 is 0.545 bits per heavy atom. The van der Waals surface area contributed by atoms with Gasteiger partial charge in [-0.2, -0.15) is 0 Å². The highest BCUT2D eigenvalue weighted by Gasteiger charge is 2.03. The SMILES string of the molecule is Clc1ccc2c(NCCCCCCCCCNc3ccnc4cc(Cl)ccc34)ccnc2c1. The van der Waals surface area contributed by atoms with Crippen LogP contribution in [0.4, 0.5) is 11.4 Å². The monoisotopic (exact) mass is 480 g/mol. The van der Waals surface area contributed by atoms with Crippen LogP contribution in [0.5, 0.6) is 0 Å². The van der Waals surface area contributed by atoms with E-state index in [1.54, 1.807) is 0 Å². The summed E-state index contributed by atoms with van der Waals surface area (Å²) in [4.78, 5) is 8.80. The summed E-state index contributed by atoms with van der Waals surface area (Å²) in [5.74, 6) is 0. The molecule has 4 aromatic rings. The number of benzene rings is 2. The van der Waals surface area contributed by atoms with E-state index in [4.69, 9.17) is 23.2 Å². The van der Waals surface area contributed by atoms with E-state index in [-0.39, 0.29) is 0 Å². The highest BCUT2D eigenvalue weighted by atomic mass is 35.5. The summed E-state index contributed by atoms with van der Waals surface area (Å²) < 4.78 is 0. The molecular formula is C27H30Cl2N4. The fourth-order valence-electron chi connectivity index (χ4n) is 4.13. The van der Waals surface area contributed by atoms with E-state index in [0.717, 1.165) is 56.3 Å². The van der Waals surface area contributed by atoms with Gasteiger partial charge in [0.15, 0.2) is 0 Å². The van der Waals surface area contributed by atoms with Gasteiger partial charge in [-0.1, -0.05) is 55.3 Å². The molecule has 0 spiro atoms. The molecule has 0 atom stereocenters. The molecule has 0 radical (unpaired) electrons. The number of halogens is 2. The molecule has 4 rings (SSSR count). The lowest BCUT2D eigenvalue weighted by molar-refractivity contribution is 0.591. The molecule has 0 aliphatic rings. The maximum Gasteiger partial charge on any atom is 0.0737 e. The number of aromatic nitrogens is 2. The minimum Gasteiger partial charge on any atom is -0.384 e. The second-order valence-corrected chi connectivity index (χ2v) is 9.24. The number of fused-ring (bicyclic) bond motifs is 2. The van der Waals surface area contributed by atoms with Crippen LogP contribution < -0.4 is 10.6 Å². The van der Waals surface area contributed by atoms with Crippen molar-refractivity contribution in [2.75, 3.05) is 23.7 Å². The predicted molar refractivity (Wildman–Crippen MR) is 143 cm³/mol. The minimum atomic E-state index is 0.721. The second kappa shape index (κ2) is 12.1. The molecule has 0 saturated heterocycles. The summed E-state index contributed by atoms with van der Waals surface area (Å²) in [7, 11) is 0. The van der Waals surface area contributed by atoms with E-state index >= 15 is 0 Å². The van der Waals surface area contributed by atoms with Crippen LogP contribution in [0.25, 0.3) is 21.8 Å². The first-order chi connectivity index (χ1) is 16.2. The largest absolute Gasteiger partial charge is 0.384 e. The summed E-state index contributed by atoms with van der Waals surface area (Å²) in [5, 5.41) is 10.8. The lowest BCUT2D eigenvalue weighted by atomic mass is 10.1. The Hall–Kier alpha value is -2.56. The van der Waals surface area contributed by atoms with Gasteiger partial charge in [-0.15, -0.1) is 0 Å². The molecule has 6 heteroatoms. The van der Waals surface area contributed by atoms with E-state index < -0.39 is 0 Å². The summed E-state index contributed by atoms with van der Waals surface area (Å²) >= 11 is 12.1. The molecule has 0 bridgehead atoms. The van der Waals surface area contributed by atoms with Crippen molar-refractivity contribution >= 4 is 56.4 Å². The van der Waals surface area contributed by atoms with E-state index in [2.05, 4.69) is 20.6 Å². The van der Waals surface area contributed by atoms with Crippen molar-refractivity contribution in [2.24, 2.45) is 0 Å². The Morgan fingerprint density at radius 3 is 1.42 bits per heavy atom. The molecule has 0 aliphatic heterocycles. The first-order valence-corrected chi connectivity index (χ1v) is 12.5. The van der Waals surface area contributed by atoms with Gasteiger partial charge >= 0.3 is 0 Å². The molecule has 0 aliphatic carbocycles. The fraction of sp³-hybridized carbons (Fsp3) is 0.333. The molecule has 0 fully saturated rings. The smallest absolute Gasteiger partial charge is 0.0737 e. The quantitative estimate of drug-likeness (QED) is 0.200. The van der Waals surface area contributed by atoms with Crippen LogP contribution in [0.2, 0.25) is 10.0 Å². The molecule has 2 aromatic carbocycles. The van der Waals surface area contributed by atoms with Gasteiger partial charge in [-0.3, -0.25) is 9.97 Å². The van der Waals surface area contributed by atoms with Gasteiger partial charge in [0, 0.05) is 57.7 Å². The standard InChI is InChI=1S/C27H30Cl2N4/c28-20-8-10-22-24(12-16-32-26(22)18-20)30-14-6-4-2-1-3-5-7-15-31-25-13-17-33-27-19-21(29)9-11-23(25)27/h8-13,16-19H,1-7,14-15H2,(H,30,32)(H,31,33). The van der Waals surface area contributed by atoms with Crippen molar-refractivity contribution in [3.05, 3.63) is 71.0 Å². The molecule has 0 saturated carbocycles. The number of nitrogens with one attached hydrogen (secondary N) is 2. The van der Waals surface area contributed by atoms with Crippen molar-refractivity contribution in [3.8, 4) is 0 Å². The van der Waals surface area contributed by atoms with Gasteiger partial charge < -0.3 is 10.6 Å². The van der Waals surface area contributed by atoms with Gasteiger partial charge in [0.2, 0.25) is 0 Å². The number of pyridine rings is 2. The average Bonchev–Trinajstić information content (AvgIpc) is 2.82. The van der Waals surface area contributed by atoms with Gasteiger partial charge in [-0.05, 0) is 61.4 Å². The van der Waals surface area contributed by atoms with Crippen molar-refractivity contribution in [3.63, 3.8) is 0 Å². The average molecular weight is 481 g/mol. The number of hydrogen-bond acceptors (Lipinski definition) is 4.